The summed E-state index contributed by atoms with van der Waals surface area (Å²) in [6.07, 6.45) is 1.47. The molecule has 1 saturated heterocycles. The van der Waals surface area contributed by atoms with Gasteiger partial charge in [0.1, 0.15) is 0 Å². The number of methoxy groups -OCH3 is 1. The molecule has 0 saturated carbocycles. The fraction of sp³-hybridized carbons (Fsp3) is 0.292. The first-order valence-electron chi connectivity index (χ1n) is 10.3. The minimum atomic E-state index is -0.317. The number of rotatable bonds is 4. The van der Waals surface area contributed by atoms with Crippen LogP contribution in [0.2, 0.25) is 0 Å². The summed E-state index contributed by atoms with van der Waals surface area (Å²) in [5, 5.41) is 2.05. The molecule has 0 N–H and O–H groups in total. The molecule has 1 aliphatic rings. The summed E-state index contributed by atoms with van der Waals surface area (Å²) in [6, 6.07) is 15.7. The second-order valence-corrected chi connectivity index (χ2v) is 7.34. The quantitative estimate of drug-likeness (QED) is 0.643. The summed E-state index contributed by atoms with van der Waals surface area (Å²) in [4.78, 5) is 32.5. The van der Waals surface area contributed by atoms with E-state index in [1.807, 2.05) is 42.5 Å². The average Bonchev–Trinajstić information content (AvgIpc) is 2.83. The first kappa shape index (κ1) is 20.7. The van der Waals surface area contributed by atoms with Crippen LogP contribution in [0.15, 0.2) is 54.7 Å². The van der Waals surface area contributed by atoms with Crippen molar-refractivity contribution in [2.45, 2.75) is 6.92 Å². The standard InChI is InChI=1S/C24H25N3O4/c1-3-31-24(29)27-12-10-26(11-13-27)23(28)20-7-6-17-14-19(5-4-18(17)15-20)21-8-9-22(30-2)25-16-21/h4-9,14-16H,3,10-13H2,1-2H3. The smallest absolute Gasteiger partial charge is 0.409 e. The van der Waals surface area contributed by atoms with Crippen molar-refractivity contribution in [1.29, 1.82) is 0 Å². The Kier molecular flexibility index (Phi) is 6.02. The first-order valence-corrected chi connectivity index (χ1v) is 10.3. The van der Waals surface area contributed by atoms with Gasteiger partial charge >= 0.3 is 6.09 Å². The molecule has 0 spiro atoms. The van der Waals surface area contributed by atoms with E-state index in [0.717, 1.165) is 21.9 Å². The molecule has 1 aliphatic heterocycles. The van der Waals surface area contributed by atoms with Crippen molar-refractivity contribution in [3.8, 4) is 17.0 Å². The van der Waals surface area contributed by atoms with Crippen molar-refractivity contribution in [1.82, 2.24) is 14.8 Å². The highest BCUT2D eigenvalue weighted by molar-refractivity contribution is 5.99. The lowest BCUT2D eigenvalue weighted by Crippen LogP contribution is -2.50. The van der Waals surface area contributed by atoms with Gasteiger partial charge in [-0.25, -0.2) is 9.78 Å². The zero-order valence-corrected chi connectivity index (χ0v) is 17.7. The summed E-state index contributed by atoms with van der Waals surface area (Å²) in [5.41, 5.74) is 2.70. The van der Waals surface area contributed by atoms with Gasteiger partial charge in [-0.1, -0.05) is 18.2 Å². The number of pyridine rings is 1. The minimum Gasteiger partial charge on any atom is -0.481 e. The topological polar surface area (TPSA) is 72.0 Å². The number of fused-ring (bicyclic) bond motifs is 1. The van der Waals surface area contributed by atoms with Crippen LogP contribution < -0.4 is 4.74 Å². The third kappa shape index (κ3) is 4.45. The Hall–Kier alpha value is -3.61. The van der Waals surface area contributed by atoms with Crippen LogP contribution in [0, 0.1) is 0 Å². The molecule has 2 aromatic carbocycles. The van der Waals surface area contributed by atoms with Gasteiger partial charge in [0.25, 0.3) is 5.91 Å². The highest BCUT2D eigenvalue weighted by atomic mass is 16.6. The number of carbonyl (C=O) groups is 2. The van der Waals surface area contributed by atoms with Crippen LogP contribution in [-0.4, -0.2) is 66.7 Å². The molecule has 4 rings (SSSR count). The highest BCUT2D eigenvalue weighted by Crippen LogP contribution is 2.26. The second-order valence-electron chi connectivity index (χ2n) is 7.34. The summed E-state index contributed by atoms with van der Waals surface area (Å²) in [6.45, 7) is 4.10. The molecule has 0 unspecified atom stereocenters. The number of ether oxygens (including phenoxy) is 2. The van der Waals surface area contributed by atoms with Crippen molar-refractivity contribution >= 4 is 22.8 Å². The zero-order chi connectivity index (χ0) is 21.8. The number of amides is 2. The largest absolute Gasteiger partial charge is 0.481 e. The Labute approximate surface area is 181 Å². The maximum atomic E-state index is 13.0. The number of hydrogen-bond acceptors (Lipinski definition) is 5. The minimum absolute atomic E-state index is 0.0196. The molecule has 1 aromatic heterocycles. The molecule has 31 heavy (non-hydrogen) atoms. The lowest BCUT2D eigenvalue weighted by atomic mass is 10.0. The number of carbonyl (C=O) groups excluding carboxylic acids is 2. The molecule has 0 radical (unpaired) electrons. The maximum absolute atomic E-state index is 13.0. The summed E-state index contributed by atoms with van der Waals surface area (Å²) in [7, 11) is 1.59. The van der Waals surface area contributed by atoms with E-state index in [2.05, 4.69) is 11.1 Å². The molecule has 0 atom stereocenters. The summed E-state index contributed by atoms with van der Waals surface area (Å²) >= 11 is 0. The Balaban J connectivity index is 1.47. The number of benzene rings is 2. The highest BCUT2D eigenvalue weighted by Gasteiger charge is 2.25. The Morgan fingerprint density at radius 3 is 2.26 bits per heavy atom. The molecule has 160 valence electrons. The lowest BCUT2D eigenvalue weighted by molar-refractivity contribution is 0.0570. The Morgan fingerprint density at radius 1 is 0.903 bits per heavy atom. The van der Waals surface area contributed by atoms with E-state index in [-0.39, 0.29) is 12.0 Å². The molecule has 7 nitrogen and oxygen atoms in total. The van der Waals surface area contributed by atoms with Crippen molar-refractivity contribution in [2.75, 3.05) is 39.9 Å². The molecule has 2 amide bonds. The zero-order valence-electron chi connectivity index (χ0n) is 17.7. The molecule has 3 aromatic rings. The maximum Gasteiger partial charge on any atom is 0.409 e. The van der Waals surface area contributed by atoms with E-state index < -0.39 is 0 Å². The van der Waals surface area contributed by atoms with E-state index in [9.17, 15) is 9.59 Å². The summed E-state index contributed by atoms with van der Waals surface area (Å²) in [5.74, 6) is 0.560. The van der Waals surface area contributed by atoms with Gasteiger partial charge in [0.05, 0.1) is 13.7 Å². The van der Waals surface area contributed by atoms with Crippen molar-refractivity contribution in [3.05, 3.63) is 60.3 Å². The average molecular weight is 419 g/mol. The van der Waals surface area contributed by atoms with Crippen molar-refractivity contribution < 1.29 is 19.1 Å². The van der Waals surface area contributed by atoms with Gasteiger partial charge in [0, 0.05) is 49.6 Å². The number of aromatic nitrogens is 1. The predicted octanol–water partition coefficient (Wildman–Crippen LogP) is 3.82. The molecular weight excluding hydrogens is 394 g/mol. The fourth-order valence-electron chi connectivity index (χ4n) is 3.72. The lowest BCUT2D eigenvalue weighted by Gasteiger charge is -2.34. The molecule has 7 heteroatoms. The fourth-order valence-corrected chi connectivity index (χ4v) is 3.72. The van der Waals surface area contributed by atoms with E-state index in [4.69, 9.17) is 9.47 Å². The van der Waals surface area contributed by atoms with Gasteiger partial charge in [0.15, 0.2) is 0 Å². The van der Waals surface area contributed by atoms with Gasteiger partial charge in [-0.3, -0.25) is 4.79 Å². The van der Waals surface area contributed by atoms with Crippen molar-refractivity contribution in [2.24, 2.45) is 0 Å². The SMILES string of the molecule is CCOC(=O)N1CCN(C(=O)c2ccc3cc(-c4ccc(OC)nc4)ccc3c2)CC1. The molecule has 0 aliphatic carbocycles. The third-order valence-corrected chi connectivity index (χ3v) is 5.46. The number of nitrogens with zero attached hydrogens (tertiary/aromatic N) is 3. The van der Waals surface area contributed by atoms with Crippen LogP contribution in [0.1, 0.15) is 17.3 Å². The predicted molar refractivity (Wildman–Crippen MR) is 118 cm³/mol. The Morgan fingerprint density at radius 2 is 1.58 bits per heavy atom. The normalized spacial score (nSPS) is 13.9. The molecule has 0 bridgehead atoms. The number of hydrogen-bond donors (Lipinski definition) is 0. The van der Waals surface area contributed by atoms with Crippen LogP contribution in [0.4, 0.5) is 4.79 Å². The van der Waals surface area contributed by atoms with Gasteiger partial charge in [0.2, 0.25) is 5.88 Å². The van der Waals surface area contributed by atoms with Crippen LogP contribution >= 0.6 is 0 Å². The molecule has 1 fully saturated rings. The van der Waals surface area contributed by atoms with E-state index in [0.29, 0.717) is 44.2 Å². The Bertz CT molecular complexity index is 1090. The van der Waals surface area contributed by atoms with Crippen LogP contribution in [-0.2, 0) is 4.74 Å². The van der Waals surface area contributed by atoms with E-state index >= 15 is 0 Å². The molecular formula is C24H25N3O4. The third-order valence-electron chi connectivity index (χ3n) is 5.46. The summed E-state index contributed by atoms with van der Waals surface area (Å²) < 4.78 is 10.2. The van der Waals surface area contributed by atoms with Crippen LogP contribution in [0.3, 0.4) is 0 Å². The monoisotopic (exact) mass is 419 g/mol. The van der Waals surface area contributed by atoms with Gasteiger partial charge in [-0.15, -0.1) is 0 Å². The van der Waals surface area contributed by atoms with Crippen LogP contribution in [0.25, 0.3) is 21.9 Å². The van der Waals surface area contributed by atoms with Crippen LogP contribution in [0.5, 0.6) is 5.88 Å². The van der Waals surface area contributed by atoms with E-state index in [1.165, 1.54) is 0 Å². The van der Waals surface area contributed by atoms with Crippen molar-refractivity contribution in [3.63, 3.8) is 0 Å². The second kappa shape index (κ2) is 9.04. The van der Waals surface area contributed by atoms with E-state index in [1.54, 1.807) is 30.0 Å². The molecule has 2 heterocycles. The van der Waals surface area contributed by atoms with Gasteiger partial charge in [-0.05, 0) is 47.5 Å². The van der Waals surface area contributed by atoms with Gasteiger partial charge in [-0.2, -0.15) is 0 Å². The number of piperazine rings is 1. The first-order chi connectivity index (χ1) is 15.1. The van der Waals surface area contributed by atoms with Gasteiger partial charge < -0.3 is 19.3 Å².